The Balaban J connectivity index is 1.47. The largest absolute Gasteiger partial charge is 0.457 e. The molecule has 4 aromatic rings. The van der Waals surface area contributed by atoms with E-state index in [1.807, 2.05) is 48.5 Å². The summed E-state index contributed by atoms with van der Waals surface area (Å²) in [7, 11) is 0. The Kier molecular flexibility index (Phi) is 8.44. The summed E-state index contributed by atoms with van der Waals surface area (Å²) in [6, 6.07) is 30.1. The van der Waals surface area contributed by atoms with E-state index < -0.39 is 0 Å². The van der Waals surface area contributed by atoms with Crippen molar-refractivity contribution < 1.29 is 14.3 Å². The van der Waals surface area contributed by atoms with Crippen LogP contribution in [0.2, 0.25) is 10.0 Å². The van der Waals surface area contributed by atoms with Gasteiger partial charge in [0.05, 0.1) is 10.6 Å². The van der Waals surface area contributed by atoms with Gasteiger partial charge in [-0.1, -0.05) is 59.6 Å². The number of amides is 3. The number of carbonyl (C=O) groups is 2. The Bertz CT molecular complexity index is 1320. The van der Waals surface area contributed by atoms with E-state index >= 15 is 0 Å². The number of halogens is 2. The number of rotatable bonds is 8. The Morgan fingerprint density at radius 3 is 2.08 bits per heavy atom. The van der Waals surface area contributed by atoms with Crippen molar-refractivity contribution in [3.05, 3.63) is 119 Å². The third kappa shape index (κ3) is 6.78. The van der Waals surface area contributed by atoms with Gasteiger partial charge in [0, 0.05) is 29.5 Å². The summed E-state index contributed by atoms with van der Waals surface area (Å²) in [5.41, 5.74) is 1.61. The number of anilines is 2. The molecule has 0 saturated carbocycles. The molecule has 0 aliphatic carbocycles. The number of benzene rings is 4. The molecule has 4 rings (SSSR count). The van der Waals surface area contributed by atoms with Crippen molar-refractivity contribution in [2.75, 3.05) is 23.3 Å². The van der Waals surface area contributed by atoms with E-state index in [-0.39, 0.29) is 30.1 Å². The first-order valence-corrected chi connectivity index (χ1v) is 11.9. The van der Waals surface area contributed by atoms with Crippen LogP contribution in [0.15, 0.2) is 103 Å². The van der Waals surface area contributed by atoms with Gasteiger partial charge < -0.3 is 15.4 Å². The summed E-state index contributed by atoms with van der Waals surface area (Å²) in [5, 5.41) is 6.40. The third-order valence-corrected chi connectivity index (χ3v) is 5.74. The molecule has 0 aliphatic heterocycles. The number of urea groups is 1. The highest BCUT2D eigenvalue weighted by atomic mass is 35.5. The maximum Gasteiger partial charge on any atom is 0.326 e. The van der Waals surface area contributed by atoms with Gasteiger partial charge in [-0.3, -0.25) is 9.69 Å². The van der Waals surface area contributed by atoms with E-state index in [9.17, 15) is 9.59 Å². The highest BCUT2D eigenvalue weighted by Crippen LogP contribution is 2.25. The molecule has 2 N–H and O–H groups in total. The second-order valence-electron chi connectivity index (χ2n) is 7.74. The van der Waals surface area contributed by atoms with Crippen LogP contribution >= 0.6 is 23.2 Å². The van der Waals surface area contributed by atoms with Crippen molar-refractivity contribution in [1.82, 2.24) is 5.32 Å². The fourth-order valence-corrected chi connectivity index (χ4v) is 3.92. The SMILES string of the molecule is O=C(NCCN(C(=O)Nc1ccccc1)c1ccc(Oc2ccccc2)cc1)c1ccc(Cl)cc1Cl. The third-order valence-electron chi connectivity index (χ3n) is 5.19. The lowest BCUT2D eigenvalue weighted by molar-refractivity contribution is 0.0954. The number of hydrogen-bond donors (Lipinski definition) is 2. The standard InChI is InChI=1S/C28H23Cl2N3O3/c29-20-11-16-25(26(30)19-20)27(34)31-17-18-33(28(35)32-21-7-3-1-4-8-21)22-12-14-24(15-13-22)36-23-9-5-2-6-10-23/h1-16,19H,17-18H2,(H,31,34)(H,32,35). The molecule has 36 heavy (non-hydrogen) atoms. The Morgan fingerprint density at radius 1 is 0.778 bits per heavy atom. The number of nitrogens with zero attached hydrogens (tertiary/aromatic N) is 1. The molecule has 0 radical (unpaired) electrons. The minimum atomic E-state index is -0.355. The molecule has 3 amide bonds. The van der Waals surface area contributed by atoms with Gasteiger partial charge in [0.25, 0.3) is 5.91 Å². The number of hydrogen-bond acceptors (Lipinski definition) is 3. The summed E-state index contributed by atoms with van der Waals surface area (Å²) in [6.07, 6.45) is 0. The first-order chi connectivity index (χ1) is 17.5. The second kappa shape index (κ2) is 12.1. The lowest BCUT2D eigenvalue weighted by Crippen LogP contribution is -2.41. The average Bonchev–Trinajstić information content (AvgIpc) is 2.88. The molecule has 4 aromatic carbocycles. The quantitative estimate of drug-likeness (QED) is 0.257. The van der Waals surface area contributed by atoms with Gasteiger partial charge in [0.1, 0.15) is 11.5 Å². The van der Waals surface area contributed by atoms with Crippen molar-refractivity contribution >= 4 is 46.5 Å². The maximum atomic E-state index is 13.2. The zero-order valence-electron chi connectivity index (χ0n) is 19.2. The smallest absolute Gasteiger partial charge is 0.326 e. The Morgan fingerprint density at radius 2 is 1.42 bits per heavy atom. The van der Waals surface area contributed by atoms with E-state index in [1.54, 1.807) is 53.4 Å². The second-order valence-corrected chi connectivity index (χ2v) is 8.58. The van der Waals surface area contributed by atoms with Crippen LogP contribution < -0.4 is 20.3 Å². The number of ether oxygens (including phenoxy) is 1. The van der Waals surface area contributed by atoms with E-state index in [2.05, 4.69) is 10.6 Å². The molecule has 0 aromatic heterocycles. The van der Waals surface area contributed by atoms with Crippen LogP contribution in [0.3, 0.4) is 0 Å². The molecule has 0 fully saturated rings. The molecule has 6 nitrogen and oxygen atoms in total. The van der Waals surface area contributed by atoms with Crippen molar-refractivity contribution in [1.29, 1.82) is 0 Å². The molecule has 0 unspecified atom stereocenters. The molecule has 8 heteroatoms. The first kappa shape index (κ1) is 25.1. The van der Waals surface area contributed by atoms with Crippen LogP contribution in [-0.2, 0) is 0 Å². The van der Waals surface area contributed by atoms with Crippen LogP contribution in [0.25, 0.3) is 0 Å². The molecule has 0 aliphatic rings. The molecule has 0 spiro atoms. The van der Waals surface area contributed by atoms with Crippen LogP contribution in [0.4, 0.5) is 16.2 Å². The summed E-state index contributed by atoms with van der Waals surface area (Å²) in [6.45, 7) is 0.413. The number of nitrogens with one attached hydrogen (secondary N) is 2. The molecule has 0 saturated heterocycles. The zero-order chi connectivity index (χ0) is 25.3. The van der Waals surface area contributed by atoms with Gasteiger partial charge in [0.2, 0.25) is 0 Å². The van der Waals surface area contributed by atoms with Crippen molar-refractivity contribution in [2.45, 2.75) is 0 Å². The zero-order valence-corrected chi connectivity index (χ0v) is 20.7. The highest BCUT2D eigenvalue weighted by Gasteiger charge is 2.17. The minimum Gasteiger partial charge on any atom is -0.457 e. The van der Waals surface area contributed by atoms with Crippen LogP contribution in [0.5, 0.6) is 11.5 Å². The van der Waals surface area contributed by atoms with Crippen LogP contribution in [0.1, 0.15) is 10.4 Å². The van der Waals surface area contributed by atoms with Crippen molar-refractivity contribution in [3.8, 4) is 11.5 Å². The summed E-state index contributed by atoms with van der Waals surface area (Å²) >= 11 is 12.1. The van der Waals surface area contributed by atoms with Gasteiger partial charge in [-0.25, -0.2) is 4.79 Å². The molecular formula is C28H23Cl2N3O3. The molecule has 182 valence electrons. The maximum absolute atomic E-state index is 13.2. The molecular weight excluding hydrogens is 497 g/mol. The van der Waals surface area contributed by atoms with Gasteiger partial charge >= 0.3 is 6.03 Å². The first-order valence-electron chi connectivity index (χ1n) is 11.2. The van der Waals surface area contributed by atoms with Crippen molar-refractivity contribution in [2.24, 2.45) is 0 Å². The van der Waals surface area contributed by atoms with Gasteiger partial charge in [-0.15, -0.1) is 0 Å². The van der Waals surface area contributed by atoms with Crippen LogP contribution in [-0.4, -0.2) is 25.0 Å². The Hall–Kier alpha value is -4.00. The summed E-state index contributed by atoms with van der Waals surface area (Å²) in [4.78, 5) is 27.3. The van der Waals surface area contributed by atoms with E-state index in [1.165, 1.54) is 6.07 Å². The highest BCUT2D eigenvalue weighted by molar-refractivity contribution is 6.36. The van der Waals surface area contributed by atoms with Gasteiger partial charge in [0.15, 0.2) is 0 Å². The van der Waals surface area contributed by atoms with Crippen molar-refractivity contribution in [3.63, 3.8) is 0 Å². The summed E-state index contributed by atoms with van der Waals surface area (Å²) in [5.74, 6) is 0.998. The van der Waals surface area contributed by atoms with E-state index in [4.69, 9.17) is 27.9 Å². The molecule has 0 heterocycles. The van der Waals surface area contributed by atoms with E-state index in [0.717, 1.165) is 0 Å². The summed E-state index contributed by atoms with van der Waals surface area (Å²) < 4.78 is 5.85. The normalized spacial score (nSPS) is 10.4. The lowest BCUT2D eigenvalue weighted by Gasteiger charge is -2.24. The topological polar surface area (TPSA) is 70.7 Å². The minimum absolute atomic E-state index is 0.197. The average molecular weight is 520 g/mol. The fraction of sp³-hybridized carbons (Fsp3) is 0.0714. The predicted molar refractivity (Wildman–Crippen MR) is 145 cm³/mol. The van der Waals surface area contributed by atoms with Gasteiger partial charge in [-0.05, 0) is 66.7 Å². The lowest BCUT2D eigenvalue weighted by atomic mass is 10.2. The predicted octanol–water partition coefficient (Wildman–Crippen LogP) is 7.25. The monoisotopic (exact) mass is 519 g/mol. The van der Waals surface area contributed by atoms with E-state index in [0.29, 0.717) is 33.5 Å². The van der Waals surface area contributed by atoms with Gasteiger partial charge in [-0.2, -0.15) is 0 Å². The number of carbonyl (C=O) groups excluding carboxylic acids is 2. The number of para-hydroxylation sites is 2. The fourth-order valence-electron chi connectivity index (χ4n) is 3.43. The Labute approximate surface area is 219 Å². The molecule has 0 atom stereocenters. The molecule has 0 bridgehead atoms. The van der Waals surface area contributed by atoms with Crippen LogP contribution in [0, 0.1) is 0 Å².